The van der Waals surface area contributed by atoms with E-state index in [1.54, 1.807) is 11.8 Å². The minimum atomic E-state index is 0.0894. The first kappa shape index (κ1) is 12.8. The molecule has 21 heavy (non-hydrogen) atoms. The van der Waals surface area contributed by atoms with Gasteiger partial charge >= 0.3 is 0 Å². The molecule has 2 N–H and O–H groups in total. The zero-order valence-electron chi connectivity index (χ0n) is 11.6. The van der Waals surface area contributed by atoms with E-state index in [9.17, 15) is 4.79 Å². The fourth-order valence-electron chi connectivity index (χ4n) is 3.01. The van der Waals surface area contributed by atoms with Gasteiger partial charge < -0.3 is 10.6 Å². The normalized spacial score (nSPS) is 20.0. The van der Waals surface area contributed by atoms with Crippen LogP contribution in [0.4, 0.5) is 11.4 Å². The van der Waals surface area contributed by atoms with E-state index in [-0.39, 0.29) is 5.91 Å². The molecule has 4 rings (SSSR count). The van der Waals surface area contributed by atoms with E-state index >= 15 is 0 Å². The van der Waals surface area contributed by atoms with Crippen LogP contribution in [0.25, 0.3) is 0 Å². The number of nitrogens with one attached hydrogen (secondary N) is 2. The number of carbonyl (C=O) groups excluding carboxylic acids is 1. The Bertz CT molecular complexity index is 714. The Kier molecular flexibility index (Phi) is 3.11. The lowest BCUT2D eigenvalue weighted by molar-refractivity contribution is -0.113. The van der Waals surface area contributed by atoms with Gasteiger partial charge in [-0.2, -0.15) is 0 Å². The Morgan fingerprint density at radius 3 is 2.95 bits per heavy atom. The van der Waals surface area contributed by atoms with Crippen LogP contribution in [0, 0.1) is 0 Å². The van der Waals surface area contributed by atoms with Gasteiger partial charge in [0.2, 0.25) is 5.91 Å². The minimum Gasteiger partial charge on any atom is -0.378 e. The van der Waals surface area contributed by atoms with Crippen molar-refractivity contribution in [2.45, 2.75) is 23.8 Å². The first-order valence-corrected chi connectivity index (χ1v) is 8.19. The van der Waals surface area contributed by atoms with Gasteiger partial charge in [-0.1, -0.05) is 24.3 Å². The van der Waals surface area contributed by atoms with Crippen LogP contribution in [0.1, 0.15) is 23.6 Å². The summed E-state index contributed by atoms with van der Waals surface area (Å²) in [5, 5.41) is 6.58. The van der Waals surface area contributed by atoms with Gasteiger partial charge in [0.05, 0.1) is 17.5 Å². The molecule has 2 aromatic carbocycles. The molecule has 4 heteroatoms. The van der Waals surface area contributed by atoms with Gasteiger partial charge in [-0.05, 0) is 42.2 Å². The maximum atomic E-state index is 11.5. The van der Waals surface area contributed by atoms with Crippen molar-refractivity contribution in [1.82, 2.24) is 0 Å². The highest BCUT2D eigenvalue weighted by molar-refractivity contribution is 8.00. The Morgan fingerprint density at radius 1 is 1.10 bits per heavy atom. The molecule has 0 radical (unpaired) electrons. The van der Waals surface area contributed by atoms with Gasteiger partial charge in [-0.25, -0.2) is 0 Å². The Balaban J connectivity index is 1.63. The third kappa shape index (κ3) is 2.40. The third-order valence-electron chi connectivity index (χ3n) is 4.09. The van der Waals surface area contributed by atoms with Crippen LogP contribution in [0.5, 0.6) is 0 Å². The van der Waals surface area contributed by atoms with E-state index in [0.29, 0.717) is 11.8 Å². The smallest absolute Gasteiger partial charge is 0.234 e. The summed E-state index contributed by atoms with van der Waals surface area (Å²) in [6.45, 7) is 0. The molecule has 2 heterocycles. The number of carbonyl (C=O) groups is 1. The van der Waals surface area contributed by atoms with Crippen molar-refractivity contribution >= 4 is 29.0 Å². The summed E-state index contributed by atoms with van der Waals surface area (Å²) in [6, 6.07) is 15.2. The number of aryl methyl sites for hydroxylation is 1. The SMILES string of the molecule is O=C1CSc2ccc(C3CCc4ccccc4N3)cc2N1. The highest BCUT2D eigenvalue weighted by atomic mass is 32.2. The maximum absolute atomic E-state index is 11.5. The van der Waals surface area contributed by atoms with Gasteiger partial charge in [-0.3, -0.25) is 4.79 Å². The van der Waals surface area contributed by atoms with E-state index in [2.05, 4.69) is 53.1 Å². The molecule has 0 aliphatic carbocycles. The first-order valence-electron chi connectivity index (χ1n) is 7.21. The molecule has 3 nitrogen and oxygen atoms in total. The summed E-state index contributed by atoms with van der Waals surface area (Å²) in [5.41, 5.74) is 4.81. The summed E-state index contributed by atoms with van der Waals surface area (Å²) in [6.07, 6.45) is 2.17. The third-order valence-corrected chi connectivity index (χ3v) is 5.16. The van der Waals surface area contributed by atoms with E-state index in [4.69, 9.17) is 0 Å². The van der Waals surface area contributed by atoms with Crippen molar-refractivity contribution in [3.05, 3.63) is 53.6 Å². The second-order valence-corrected chi connectivity index (χ2v) is 6.50. The molecular weight excluding hydrogens is 280 g/mol. The number of thioether (sulfide) groups is 1. The van der Waals surface area contributed by atoms with E-state index < -0.39 is 0 Å². The van der Waals surface area contributed by atoms with Crippen molar-refractivity contribution < 1.29 is 4.79 Å². The topological polar surface area (TPSA) is 41.1 Å². The molecule has 1 amide bonds. The summed E-state index contributed by atoms with van der Waals surface area (Å²) < 4.78 is 0. The molecule has 0 fully saturated rings. The van der Waals surface area contributed by atoms with Crippen LogP contribution in [-0.4, -0.2) is 11.7 Å². The van der Waals surface area contributed by atoms with E-state index in [0.717, 1.165) is 23.4 Å². The van der Waals surface area contributed by atoms with Crippen LogP contribution < -0.4 is 10.6 Å². The molecule has 0 saturated heterocycles. The van der Waals surface area contributed by atoms with Gasteiger partial charge in [0.25, 0.3) is 0 Å². The number of hydrogen-bond donors (Lipinski definition) is 2. The second-order valence-electron chi connectivity index (χ2n) is 5.49. The molecular formula is C17H16N2OS. The lowest BCUT2D eigenvalue weighted by Crippen LogP contribution is -2.21. The standard InChI is InChI=1S/C17H16N2OS/c20-17-10-21-16-8-6-12(9-15(16)19-17)14-7-5-11-3-1-2-4-13(11)18-14/h1-4,6,8-9,14,18H,5,7,10H2,(H,19,20). The van der Waals surface area contributed by atoms with Gasteiger partial charge in [-0.15, -0.1) is 11.8 Å². The van der Waals surface area contributed by atoms with Crippen molar-refractivity contribution in [3.63, 3.8) is 0 Å². The predicted molar refractivity (Wildman–Crippen MR) is 86.9 cm³/mol. The Hall–Kier alpha value is -1.94. The molecule has 0 saturated carbocycles. The van der Waals surface area contributed by atoms with E-state index in [1.807, 2.05) is 0 Å². The fourth-order valence-corrected chi connectivity index (χ4v) is 3.79. The van der Waals surface area contributed by atoms with Crippen LogP contribution in [0.15, 0.2) is 47.4 Å². The molecule has 1 atom stereocenters. The fraction of sp³-hybridized carbons (Fsp3) is 0.235. The zero-order chi connectivity index (χ0) is 14.2. The van der Waals surface area contributed by atoms with Crippen LogP contribution >= 0.6 is 11.8 Å². The Labute approximate surface area is 128 Å². The van der Waals surface area contributed by atoms with Crippen LogP contribution in [0.3, 0.4) is 0 Å². The number of amides is 1. The van der Waals surface area contributed by atoms with Crippen molar-refractivity contribution in [1.29, 1.82) is 0 Å². The molecule has 0 spiro atoms. The summed E-state index contributed by atoms with van der Waals surface area (Å²) >= 11 is 1.61. The molecule has 106 valence electrons. The predicted octanol–water partition coefficient (Wildman–Crippen LogP) is 3.83. The lowest BCUT2D eigenvalue weighted by Gasteiger charge is -2.28. The quantitative estimate of drug-likeness (QED) is 0.840. The summed E-state index contributed by atoms with van der Waals surface area (Å²) in [4.78, 5) is 12.7. The number of fused-ring (bicyclic) bond motifs is 2. The highest BCUT2D eigenvalue weighted by Gasteiger charge is 2.21. The van der Waals surface area contributed by atoms with Crippen molar-refractivity contribution in [2.75, 3.05) is 16.4 Å². The average Bonchev–Trinajstić information content (AvgIpc) is 2.53. The Morgan fingerprint density at radius 2 is 2.00 bits per heavy atom. The number of hydrogen-bond acceptors (Lipinski definition) is 3. The lowest BCUT2D eigenvalue weighted by atomic mass is 9.93. The second kappa shape index (κ2) is 5.11. The van der Waals surface area contributed by atoms with Crippen molar-refractivity contribution in [3.8, 4) is 0 Å². The van der Waals surface area contributed by atoms with Crippen LogP contribution in [-0.2, 0) is 11.2 Å². The van der Waals surface area contributed by atoms with Gasteiger partial charge in [0.15, 0.2) is 0 Å². The number of para-hydroxylation sites is 1. The molecule has 2 aliphatic heterocycles. The minimum absolute atomic E-state index is 0.0894. The highest BCUT2D eigenvalue weighted by Crippen LogP contribution is 2.37. The monoisotopic (exact) mass is 296 g/mol. The number of anilines is 2. The number of rotatable bonds is 1. The van der Waals surface area contributed by atoms with E-state index in [1.165, 1.54) is 16.8 Å². The first-order chi connectivity index (χ1) is 10.3. The van der Waals surface area contributed by atoms with Gasteiger partial charge in [0, 0.05) is 10.6 Å². The van der Waals surface area contributed by atoms with Crippen LogP contribution in [0.2, 0.25) is 0 Å². The maximum Gasteiger partial charge on any atom is 0.234 e. The summed E-state index contributed by atoms with van der Waals surface area (Å²) in [7, 11) is 0. The molecule has 2 aromatic rings. The molecule has 2 aliphatic rings. The molecule has 0 aromatic heterocycles. The molecule has 1 unspecified atom stereocenters. The largest absolute Gasteiger partial charge is 0.378 e. The molecule has 0 bridgehead atoms. The average molecular weight is 296 g/mol. The zero-order valence-corrected chi connectivity index (χ0v) is 12.4. The summed E-state index contributed by atoms with van der Waals surface area (Å²) in [5.74, 6) is 0.605. The number of benzene rings is 2. The van der Waals surface area contributed by atoms with Crippen molar-refractivity contribution in [2.24, 2.45) is 0 Å². The van der Waals surface area contributed by atoms with Gasteiger partial charge in [0.1, 0.15) is 0 Å².